The standard InChI is InChI=1S/C19H16Cl3N3O2/c1-3-4-6-13(17(23)27-16-11-12(20)8-9-14(16)21)19(26)25(2)18-15(22)7-5-10-24-18/h3-11H,1,23H2,2H3/b6-4-,17-13-. The number of nitrogens with two attached hydrogens (primary N) is 1. The van der Waals surface area contributed by atoms with Gasteiger partial charge in [0.1, 0.15) is 5.75 Å². The molecule has 0 aliphatic heterocycles. The maximum Gasteiger partial charge on any atom is 0.264 e. The molecule has 27 heavy (non-hydrogen) atoms. The van der Waals surface area contributed by atoms with Crippen LogP contribution in [0.5, 0.6) is 5.75 Å². The number of amides is 1. The largest absolute Gasteiger partial charge is 0.439 e. The molecule has 1 aromatic heterocycles. The molecular weight excluding hydrogens is 409 g/mol. The molecule has 0 spiro atoms. The van der Waals surface area contributed by atoms with Gasteiger partial charge in [0.15, 0.2) is 5.82 Å². The van der Waals surface area contributed by atoms with Gasteiger partial charge in [-0.15, -0.1) is 0 Å². The fourth-order valence-electron chi connectivity index (χ4n) is 2.05. The van der Waals surface area contributed by atoms with Crippen molar-refractivity contribution in [1.82, 2.24) is 4.98 Å². The van der Waals surface area contributed by atoms with Crippen molar-refractivity contribution in [2.75, 3.05) is 11.9 Å². The predicted octanol–water partition coefficient (Wildman–Crippen LogP) is 5.00. The number of halogens is 3. The third-order valence-electron chi connectivity index (χ3n) is 3.37. The quantitative estimate of drug-likeness (QED) is 0.403. The minimum absolute atomic E-state index is 0.0650. The van der Waals surface area contributed by atoms with Crippen LogP contribution in [-0.4, -0.2) is 17.9 Å². The number of rotatable bonds is 6. The Labute approximate surface area is 172 Å². The molecule has 0 aliphatic rings. The number of hydrogen-bond acceptors (Lipinski definition) is 4. The summed E-state index contributed by atoms with van der Waals surface area (Å²) in [5, 5.41) is 1.02. The minimum atomic E-state index is -0.482. The number of allylic oxidation sites excluding steroid dienone is 2. The van der Waals surface area contributed by atoms with E-state index in [4.69, 9.17) is 45.3 Å². The van der Waals surface area contributed by atoms with Gasteiger partial charge in [-0.05, 0) is 30.3 Å². The Morgan fingerprint density at radius 2 is 2.00 bits per heavy atom. The second-order valence-corrected chi connectivity index (χ2v) is 6.47. The third kappa shape index (κ3) is 5.26. The van der Waals surface area contributed by atoms with Crippen molar-refractivity contribution in [3.05, 3.63) is 87.9 Å². The summed E-state index contributed by atoms with van der Waals surface area (Å²) in [6, 6.07) is 7.96. The molecule has 140 valence electrons. The number of pyridine rings is 1. The first-order chi connectivity index (χ1) is 12.8. The monoisotopic (exact) mass is 423 g/mol. The molecule has 2 N–H and O–H groups in total. The highest BCUT2D eigenvalue weighted by Gasteiger charge is 2.21. The molecule has 1 amide bonds. The van der Waals surface area contributed by atoms with E-state index in [2.05, 4.69) is 11.6 Å². The van der Waals surface area contributed by atoms with Crippen LogP contribution in [0, 0.1) is 0 Å². The van der Waals surface area contributed by atoms with Crippen LogP contribution in [0.3, 0.4) is 0 Å². The number of hydrogen-bond donors (Lipinski definition) is 1. The molecular formula is C19H16Cl3N3O2. The van der Waals surface area contributed by atoms with Crippen molar-refractivity contribution < 1.29 is 9.53 Å². The maximum absolute atomic E-state index is 13.0. The van der Waals surface area contributed by atoms with Gasteiger partial charge in [0.05, 0.1) is 15.6 Å². The maximum atomic E-state index is 13.0. The zero-order valence-corrected chi connectivity index (χ0v) is 16.6. The van der Waals surface area contributed by atoms with Gasteiger partial charge in [-0.25, -0.2) is 4.98 Å². The fraction of sp³-hybridized carbons (Fsp3) is 0.0526. The Hall–Kier alpha value is -2.47. The molecule has 2 aromatic rings. The average molecular weight is 425 g/mol. The van der Waals surface area contributed by atoms with E-state index in [1.54, 1.807) is 30.3 Å². The lowest BCUT2D eigenvalue weighted by atomic mass is 10.2. The molecule has 0 saturated carbocycles. The zero-order chi connectivity index (χ0) is 20.0. The summed E-state index contributed by atoms with van der Waals surface area (Å²) < 4.78 is 5.58. The normalized spacial score (nSPS) is 11.9. The molecule has 8 heteroatoms. The number of carbonyl (C=O) groups excluding carboxylic acids is 1. The van der Waals surface area contributed by atoms with E-state index in [0.29, 0.717) is 15.1 Å². The summed E-state index contributed by atoms with van der Waals surface area (Å²) in [4.78, 5) is 18.3. The number of aromatic nitrogens is 1. The van der Waals surface area contributed by atoms with Crippen LogP contribution in [-0.2, 0) is 4.79 Å². The SMILES string of the molecule is C=C/C=C\C(C(=O)N(C)c1ncccc1Cl)=C(/N)Oc1cc(Cl)ccc1Cl. The van der Waals surface area contributed by atoms with Crippen LogP contribution < -0.4 is 15.4 Å². The summed E-state index contributed by atoms with van der Waals surface area (Å²) in [5.41, 5.74) is 6.10. The highest BCUT2D eigenvalue weighted by molar-refractivity contribution is 6.34. The first kappa shape index (κ1) is 20.8. The van der Waals surface area contributed by atoms with Crippen molar-refractivity contribution in [3.8, 4) is 5.75 Å². The van der Waals surface area contributed by atoms with Crippen LogP contribution >= 0.6 is 34.8 Å². The van der Waals surface area contributed by atoms with Crippen molar-refractivity contribution in [3.63, 3.8) is 0 Å². The molecule has 0 atom stereocenters. The lowest BCUT2D eigenvalue weighted by Crippen LogP contribution is -2.30. The minimum Gasteiger partial charge on any atom is -0.439 e. The molecule has 0 radical (unpaired) electrons. The molecule has 1 aromatic carbocycles. The van der Waals surface area contributed by atoms with Gasteiger partial charge < -0.3 is 10.5 Å². The molecule has 0 bridgehead atoms. The summed E-state index contributed by atoms with van der Waals surface area (Å²) in [6.07, 6.45) is 6.05. The van der Waals surface area contributed by atoms with Gasteiger partial charge in [-0.2, -0.15) is 0 Å². The van der Waals surface area contributed by atoms with Crippen molar-refractivity contribution in [1.29, 1.82) is 0 Å². The Bertz CT molecular complexity index is 926. The number of ether oxygens (including phenoxy) is 1. The van der Waals surface area contributed by atoms with Crippen molar-refractivity contribution in [2.45, 2.75) is 0 Å². The summed E-state index contributed by atoms with van der Waals surface area (Å²) in [6.45, 7) is 3.59. The first-order valence-corrected chi connectivity index (χ1v) is 8.79. The van der Waals surface area contributed by atoms with Gasteiger partial charge >= 0.3 is 0 Å². The van der Waals surface area contributed by atoms with Crippen LogP contribution in [0.1, 0.15) is 0 Å². The number of likely N-dealkylation sites (N-methyl/N-ethyl adjacent to an activating group) is 1. The Morgan fingerprint density at radius 3 is 2.67 bits per heavy atom. The average Bonchev–Trinajstić information content (AvgIpc) is 2.64. The molecule has 5 nitrogen and oxygen atoms in total. The lowest BCUT2D eigenvalue weighted by molar-refractivity contribution is -0.114. The summed E-state index contributed by atoms with van der Waals surface area (Å²) in [7, 11) is 1.53. The second kappa shape index (κ2) is 9.46. The smallest absolute Gasteiger partial charge is 0.264 e. The molecule has 0 aliphatic carbocycles. The van der Waals surface area contributed by atoms with E-state index in [0.717, 1.165) is 0 Å². The number of carbonyl (C=O) groups is 1. The van der Waals surface area contributed by atoms with Gasteiger partial charge in [0.2, 0.25) is 5.88 Å². The van der Waals surface area contributed by atoms with Gasteiger partial charge in [0.25, 0.3) is 5.91 Å². The molecule has 0 fully saturated rings. The third-order valence-corrected chi connectivity index (χ3v) is 4.21. The topological polar surface area (TPSA) is 68.5 Å². The van der Waals surface area contributed by atoms with E-state index >= 15 is 0 Å². The fourth-order valence-corrected chi connectivity index (χ4v) is 2.62. The Balaban J connectivity index is 2.43. The first-order valence-electron chi connectivity index (χ1n) is 7.65. The summed E-state index contributed by atoms with van der Waals surface area (Å²) in [5.74, 6) is -0.148. The van der Waals surface area contributed by atoms with E-state index in [1.807, 2.05) is 0 Å². The van der Waals surface area contributed by atoms with Crippen molar-refractivity contribution in [2.24, 2.45) is 5.73 Å². The van der Waals surface area contributed by atoms with E-state index < -0.39 is 5.91 Å². The number of nitrogens with zero attached hydrogens (tertiary/aromatic N) is 2. The van der Waals surface area contributed by atoms with Gasteiger partial charge in [-0.1, -0.05) is 53.5 Å². The second-order valence-electron chi connectivity index (χ2n) is 5.22. The van der Waals surface area contributed by atoms with Crippen LogP contribution in [0.25, 0.3) is 0 Å². The van der Waals surface area contributed by atoms with Crippen molar-refractivity contribution >= 4 is 46.5 Å². The van der Waals surface area contributed by atoms with Crippen LogP contribution in [0.4, 0.5) is 5.82 Å². The number of anilines is 1. The highest BCUT2D eigenvalue weighted by atomic mass is 35.5. The van der Waals surface area contributed by atoms with Crippen LogP contribution in [0.2, 0.25) is 15.1 Å². The van der Waals surface area contributed by atoms with E-state index in [1.165, 1.54) is 36.4 Å². The Kier molecular flexibility index (Phi) is 7.30. The number of benzene rings is 1. The molecule has 1 heterocycles. The van der Waals surface area contributed by atoms with Gasteiger partial charge in [0, 0.05) is 24.3 Å². The predicted molar refractivity (Wildman–Crippen MR) is 110 cm³/mol. The molecule has 0 saturated heterocycles. The highest BCUT2D eigenvalue weighted by Crippen LogP contribution is 2.29. The van der Waals surface area contributed by atoms with Gasteiger partial charge in [-0.3, -0.25) is 9.69 Å². The van der Waals surface area contributed by atoms with E-state index in [9.17, 15) is 4.79 Å². The summed E-state index contributed by atoms with van der Waals surface area (Å²) >= 11 is 18.2. The Morgan fingerprint density at radius 1 is 1.26 bits per heavy atom. The van der Waals surface area contributed by atoms with E-state index in [-0.39, 0.29) is 23.0 Å². The lowest BCUT2D eigenvalue weighted by Gasteiger charge is -2.19. The molecule has 2 rings (SSSR count). The molecule has 0 unspecified atom stereocenters. The zero-order valence-electron chi connectivity index (χ0n) is 14.3. The van der Waals surface area contributed by atoms with Crippen LogP contribution in [0.15, 0.2) is 72.8 Å².